The van der Waals surface area contributed by atoms with Crippen molar-refractivity contribution >= 4 is 32.5 Å². The summed E-state index contributed by atoms with van der Waals surface area (Å²) in [5.74, 6) is -0.412. The van der Waals surface area contributed by atoms with Gasteiger partial charge < -0.3 is 14.2 Å². The first-order valence-corrected chi connectivity index (χ1v) is 12.2. The van der Waals surface area contributed by atoms with E-state index in [-0.39, 0.29) is 29.3 Å². The number of methoxy groups -OCH3 is 1. The molecule has 1 aliphatic heterocycles. The molecule has 1 heterocycles. The molecule has 0 N–H and O–H groups in total. The van der Waals surface area contributed by atoms with Gasteiger partial charge in [0.05, 0.1) is 30.8 Å². The average molecular weight is 484 g/mol. The number of morpholine rings is 1. The van der Waals surface area contributed by atoms with Crippen molar-refractivity contribution in [2.75, 3.05) is 40.0 Å². The Hall–Kier alpha value is -3.27. The van der Waals surface area contributed by atoms with Crippen LogP contribution in [0, 0.1) is 6.92 Å². The third kappa shape index (κ3) is 4.96. The molecule has 1 saturated heterocycles. The molecule has 3 aromatic rings. The highest BCUT2D eigenvalue weighted by atomic mass is 32.2. The first-order valence-electron chi connectivity index (χ1n) is 10.8. The molecule has 0 radical (unpaired) electrons. The van der Waals surface area contributed by atoms with Crippen LogP contribution in [-0.2, 0) is 19.5 Å². The van der Waals surface area contributed by atoms with Crippen molar-refractivity contribution in [3.63, 3.8) is 0 Å². The van der Waals surface area contributed by atoms with Crippen molar-refractivity contribution in [2.24, 2.45) is 0 Å². The van der Waals surface area contributed by atoms with Crippen LogP contribution in [0.25, 0.3) is 10.8 Å². The number of aryl methyl sites for hydroxylation is 1. The van der Waals surface area contributed by atoms with E-state index in [1.54, 1.807) is 44.4 Å². The van der Waals surface area contributed by atoms with E-state index in [1.165, 1.54) is 16.4 Å². The number of benzene rings is 3. The van der Waals surface area contributed by atoms with Crippen molar-refractivity contribution in [3.05, 3.63) is 71.3 Å². The van der Waals surface area contributed by atoms with Crippen LogP contribution in [-0.4, -0.2) is 64.5 Å². The van der Waals surface area contributed by atoms with Gasteiger partial charge in [0.2, 0.25) is 10.0 Å². The van der Waals surface area contributed by atoms with Gasteiger partial charge in [-0.05, 0) is 53.6 Å². The van der Waals surface area contributed by atoms with Crippen molar-refractivity contribution in [3.8, 4) is 5.75 Å². The van der Waals surface area contributed by atoms with Crippen LogP contribution in [0.3, 0.4) is 0 Å². The quantitative estimate of drug-likeness (QED) is 0.376. The van der Waals surface area contributed by atoms with Crippen LogP contribution in [0.1, 0.15) is 26.3 Å². The van der Waals surface area contributed by atoms with E-state index in [1.807, 2.05) is 12.1 Å². The lowest BCUT2D eigenvalue weighted by Gasteiger charge is -2.26. The average Bonchev–Trinajstić information content (AvgIpc) is 2.87. The van der Waals surface area contributed by atoms with Gasteiger partial charge in [0.15, 0.2) is 12.4 Å². The van der Waals surface area contributed by atoms with Crippen LogP contribution in [0.15, 0.2) is 59.5 Å². The second-order valence-corrected chi connectivity index (χ2v) is 9.83. The number of ketones is 1. The second kappa shape index (κ2) is 9.92. The number of esters is 1. The molecular formula is C25H25NO7S. The van der Waals surface area contributed by atoms with E-state index in [9.17, 15) is 18.0 Å². The molecule has 0 bridgehead atoms. The molecule has 3 aromatic carbocycles. The van der Waals surface area contributed by atoms with Gasteiger partial charge >= 0.3 is 5.97 Å². The molecule has 9 heteroatoms. The maximum atomic E-state index is 13.0. The number of rotatable bonds is 7. The first kappa shape index (κ1) is 23.9. The lowest BCUT2D eigenvalue weighted by atomic mass is 10.0. The van der Waals surface area contributed by atoms with E-state index in [0.717, 1.165) is 10.8 Å². The Morgan fingerprint density at radius 3 is 2.35 bits per heavy atom. The SMILES string of the molecule is COc1ccc2cc(C(=O)COC(=O)c3ccc(C)c(S(=O)(=O)N4CCOCC4)c3)ccc2c1. The Morgan fingerprint density at radius 1 is 0.941 bits per heavy atom. The Bertz CT molecular complexity index is 1340. The van der Waals surface area contributed by atoms with Gasteiger partial charge in [0, 0.05) is 18.7 Å². The molecule has 0 aromatic heterocycles. The first-order chi connectivity index (χ1) is 16.3. The minimum atomic E-state index is -3.78. The molecule has 178 valence electrons. The van der Waals surface area contributed by atoms with Gasteiger partial charge in [-0.1, -0.05) is 24.3 Å². The number of hydrogen-bond donors (Lipinski definition) is 0. The number of nitrogens with zero attached hydrogens (tertiary/aromatic N) is 1. The lowest BCUT2D eigenvalue weighted by Crippen LogP contribution is -2.40. The Labute approximate surface area is 198 Å². The van der Waals surface area contributed by atoms with E-state index in [4.69, 9.17) is 14.2 Å². The molecule has 34 heavy (non-hydrogen) atoms. The van der Waals surface area contributed by atoms with Crippen LogP contribution >= 0.6 is 0 Å². The summed E-state index contributed by atoms with van der Waals surface area (Å²) in [7, 11) is -2.19. The van der Waals surface area contributed by atoms with Crippen molar-refractivity contribution in [1.29, 1.82) is 0 Å². The number of Topliss-reactive ketones (excluding diaryl/α,β-unsaturated/α-hetero) is 1. The smallest absolute Gasteiger partial charge is 0.338 e. The fourth-order valence-corrected chi connectivity index (χ4v) is 5.41. The van der Waals surface area contributed by atoms with E-state index < -0.39 is 22.6 Å². The summed E-state index contributed by atoms with van der Waals surface area (Å²) in [4.78, 5) is 25.3. The lowest BCUT2D eigenvalue weighted by molar-refractivity contribution is 0.0474. The second-order valence-electron chi connectivity index (χ2n) is 7.92. The number of hydrogen-bond acceptors (Lipinski definition) is 7. The molecule has 8 nitrogen and oxygen atoms in total. The Morgan fingerprint density at radius 2 is 1.62 bits per heavy atom. The van der Waals surface area contributed by atoms with Crippen LogP contribution in [0.4, 0.5) is 0 Å². The minimum Gasteiger partial charge on any atom is -0.497 e. The highest BCUT2D eigenvalue weighted by molar-refractivity contribution is 7.89. The number of sulfonamides is 1. The zero-order valence-electron chi connectivity index (χ0n) is 18.9. The predicted molar refractivity (Wildman–Crippen MR) is 126 cm³/mol. The summed E-state index contributed by atoms with van der Waals surface area (Å²) in [6, 6.07) is 15.1. The molecule has 0 atom stereocenters. The minimum absolute atomic E-state index is 0.0418. The standard InChI is InChI=1S/C25H25NO7S/c1-17-3-4-21(15-24(17)34(29,30)26-9-11-32-12-10-26)25(28)33-16-23(27)20-6-5-19-14-22(31-2)8-7-18(19)13-20/h3-8,13-15H,9-12,16H2,1-2H3. The zero-order chi connectivity index (χ0) is 24.3. The maximum absolute atomic E-state index is 13.0. The summed E-state index contributed by atoms with van der Waals surface area (Å²) in [5.41, 5.74) is 0.993. The largest absolute Gasteiger partial charge is 0.497 e. The van der Waals surface area contributed by atoms with E-state index in [2.05, 4.69) is 0 Å². The molecule has 0 spiro atoms. The van der Waals surface area contributed by atoms with Gasteiger partial charge in [-0.3, -0.25) is 4.79 Å². The number of ether oxygens (including phenoxy) is 3. The van der Waals surface area contributed by atoms with Crippen LogP contribution < -0.4 is 4.74 Å². The van der Waals surface area contributed by atoms with E-state index in [0.29, 0.717) is 30.1 Å². The Balaban J connectivity index is 1.47. The van der Waals surface area contributed by atoms with Gasteiger partial charge in [0.1, 0.15) is 5.75 Å². The van der Waals surface area contributed by atoms with Gasteiger partial charge in [-0.25, -0.2) is 13.2 Å². The fourth-order valence-electron chi connectivity index (χ4n) is 3.75. The third-order valence-electron chi connectivity index (χ3n) is 5.72. The molecule has 0 aliphatic carbocycles. The third-order valence-corrected chi connectivity index (χ3v) is 7.76. The van der Waals surface area contributed by atoms with Crippen LogP contribution in [0.5, 0.6) is 5.75 Å². The summed E-state index contributed by atoms with van der Waals surface area (Å²) < 4.78 is 43.1. The monoisotopic (exact) mass is 483 g/mol. The predicted octanol–water partition coefficient (Wildman–Crippen LogP) is 3.22. The normalized spacial score (nSPS) is 14.6. The summed E-state index contributed by atoms with van der Waals surface area (Å²) in [6.45, 7) is 2.36. The topological polar surface area (TPSA) is 99.2 Å². The molecule has 0 amide bonds. The molecule has 1 aliphatic rings. The van der Waals surface area contributed by atoms with Crippen molar-refractivity contribution in [2.45, 2.75) is 11.8 Å². The zero-order valence-corrected chi connectivity index (χ0v) is 19.8. The number of fused-ring (bicyclic) bond motifs is 1. The molecule has 4 rings (SSSR count). The highest BCUT2D eigenvalue weighted by Crippen LogP contribution is 2.24. The van der Waals surface area contributed by atoms with Crippen molar-refractivity contribution in [1.82, 2.24) is 4.31 Å². The molecule has 0 saturated carbocycles. The number of carbonyl (C=O) groups is 2. The van der Waals surface area contributed by atoms with Gasteiger partial charge in [-0.2, -0.15) is 4.31 Å². The summed E-state index contributed by atoms with van der Waals surface area (Å²) in [6.07, 6.45) is 0. The maximum Gasteiger partial charge on any atom is 0.338 e. The molecule has 0 unspecified atom stereocenters. The van der Waals surface area contributed by atoms with Gasteiger partial charge in [0.25, 0.3) is 0 Å². The molecular weight excluding hydrogens is 458 g/mol. The highest BCUT2D eigenvalue weighted by Gasteiger charge is 2.28. The number of carbonyl (C=O) groups excluding carboxylic acids is 2. The fraction of sp³-hybridized carbons (Fsp3) is 0.280. The Kier molecular flexibility index (Phi) is 6.97. The van der Waals surface area contributed by atoms with Gasteiger partial charge in [-0.15, -0.1) is 0 Å². The van der Waals surface area contributed by atoms with Crippen LogP contribution in [0.2, 0.25) is 0 Å². The summed E-state index contributed by atoms with van der Waals surface area (Å²) >= 11 is 0. The van der Waals surface area contributed by atoms with E-state index >= 15 is 0 Å². The molecule has 1 fully saturated rings. The summed E-state index contributed by atoms with van der Waals surface area (Å²) in [5, 5.41) is 1.77. The van der Waals surface area contributed by atoms with Crippen molar-refractivity contribution < 1.29 is 32.2 Å².